The molecular formula is C14H13NO2. The predicted octanol–water partition coefficient (Wildman–Crippen LogP) is 3.00. The highest BCUT2D eigenvalue weighted by Gasteiger charge is 2.12. The summed E-state index contributed by atoms with van der Waals surface area (Å²) in [6, 6.07) is 12.7. The van der Waals surface area contributed by atoms with Gasteiger partial charge in [-0.15, -0.1) is 0 Å². The van der Waals surface area contributed by atoms with Gasteiger partial charge in [0.15, 0.2) is 0 Å². The summed E-state index contributed by atoms with van der Waals surface area (Å²) in [7, 11) is 0. The lowest BCUT2D eigenvalue weighted by Gasteiger charge is -2.12. The third-order valence-electron chi connectivity index (χ3n) is 2.45. The van der Waals surface area contributed by atoms with Crippen molar-refractivity contribution >= 4 is 5.97 Å². The van der Waals surface area contributed by atoms with E-state index in [1.165, 1.54) is 0 Å². The number of pyridine rings is 1. The largest absolute Gasteiger partial charge is 0.454 e. The highest BCUT2D eigenvalue weighted by molar-refractivity contribution is 5.89. The van der Waals surface area contributed by atoms with Gasteiger partial charge in [0.25, 0.3) is 0 Å². The summed E-state index contributed by atoms with van der Waals surface area (Å²) in [5, 5.41) is 0. The maximum atomic E-state index is 11.8. The molecule has 0 aliphatic carbocycles. The van der Waals surface area contributed by atoms with Gasteiger partial charge in [0.1, 0.15) is 6.10 Å². The number of hydrogen-bond acceptors (Lipinski definition) is 3. The van der Waals surface area contributed by atoms with Gasteiger partial charge in [-0.25, -0.2) is 4.79 Å². The highest BCUT2D eigenvalue weighted by Crippen LogP contribution is 2.17. The molecule has 1 aromatic heterocycles. The second-order valence-corrected chi connectivity index (χ2v) is 3.70. The van der Waals surface area contributed by atoms with E-state index in [2.05, 4.69) is 4.98 Å². The summed E-state index contributed by atoms with van der Waals surface area (Å²) < 4.78 is 5.34. The zero-order chi connectivity index (χ0) is 12.1. The average Bonchev–Trinajstić information content (AvgIpc) is 2.40. The van der Waals surface area contributed by atoms with Gasteiger partial charge < -0.3 is 4.74 Å². The maximum absolute atomic E-state index is 11.8. The van der Waals surface area contributed by atoms with Crippen LogP contribution in [0.1, 0.15) is 28.9 Å². The molecule has 2 aromatic rings. The molecule has 3 heteroatoms. The van der Waals surface area contributed by atoms with Crippen molar-refractivity contribution in [3.05, 3.63) is 66.0 Å². The van der Waals surface area contributed by atoms with Crippen molar-refractivity contribution in [1.82, 2.24) is 4.98 Å². The fraction of sp³-hybridized carbons (Fsp3) is 0.143. The van der Waals surface area contributed by atoms with Gasteiger partial charge in [0, 0.05) is 18.0 Å². The molecule has 1 heterocycles. The van der Waals surface area contributed by atoms with Gasteiger partial charge in [0.05, 0.1) is 5.56 Å². The van der Waals surface area contributed by atoms with E-state index in [0.717, 1.165) is 5.56 Å². The molecule has 0 bridgehead atoms. The second-order valence-electron chi connectivity index (χ2n) is 3.70. The Hall–Kier alpha value is -2.16. The summed E-state index contributed by atoms with van der Waals surface area (Å²) in [6.07, 6.45) is 3.09. The standard InChI is InChI=1S/C14H13NO2/c1-11(13-8-5-9-15-10-13)17-14(16)12-6-3-2-4-7-12/h2-11H,1H3/t11-/m1/s1. The zero-order valence-corrected chi connectivity index (χ0v) is 9.54. The number of benzene rings is 1. The Morgan fingerprint density at radius 2 is 1.94 bits per heavy atom. The van der Waals surface area contributed by atoms with Crippen LogP contribution in [0.2, 0.25) is 0 Å². The summed E-state index contributed by atoms with van der Waals surface area (Å²) in [5.74, 6) is -0.318. The van der Waals surface area contributed by atoms with E-state index < -0.39 is 0 Å². The molecule has 0 saturated carbocycles. The second kappa shape index (κ2) is 5.25. The van der Waals surface area contributed by atoms with E-state index >= 15 is 0 Å². The Morgan fingerprint density at radius 3 is 2.59 bits per heavy atom. The number of rotatable bonds is 3. The zero-order valence-electron chi connectivity index (χ0n) is 9.54. The van der Waals surface area contributed by atoms with Gasteiger partial charge in [-0.1, -0.05) is 24.3 Å². The van der Waals surface area contributed by atoms with Crippen molar-refractivity contribution in [3.63, 3.8) is 0 Å². The minimum absolute atomic E-state index is 0.295. The van der Waals surface area contributed by atoms with Crippen LogP contribution in [-0.2, 0) is 4.74 Å². The number of nitrogens with zero attached hydrogens (tertiary/aromatic N) is 1. The minimum atomic E-state index is -0.318. The van der Waals surface area contributed by atoms with E-state index in [-0.39, 0.29) is 12.1 Å². The fourth-order valence-corrected chi connectivity index (χ4v) is 1.49. The van der Waals surface area contributed by atoms with Crippen LogP contribution in [0.4, 0.5) is 0 Å². The third-order valence-corrected chi connectivity index (χ3v) is 2.45. The van der Waals surface area contributed by atoms with Crippen LogP contribution in [0.5, 0.6) is 0 Å². The Kier molecular flexibility index (Phi) is 3.50. The SMILES string of the molecule is C[C@@H](OC(=O)c1ccccc1)c1cccnc1. The van der Waals surface area contributed by atoms with Crippen molar-refractivity contribution in [1.29, 1.82) is 0 Å². The summed E-state index contributed by atoms with van der Waals surface area (Å²) in [5.41, 5.74) is 1.44. The molecule has 3 nitrogen and oxygen atoms in total. The number of esters is 1. The Labute approximate surface area is 100 Å². The van der Waals surface area contributed by atoms with Gasteiger partial charge in [-0.05, 0) is 25.1 Å². The molecule has 0 aliphatic rings. The molecule has 0 amide bonds. The van der Waals surface area contributed by atoms with Gasteiger partial charge >= 0.3 is 5.97 Å². The molecular weight excluding hydrogens is 214 g/mol. The van der Waals surface area contributed by atoms with Crippen LogP contribution in [0.25, 0.3) is 0 Å². The summed E-state index contributed by atoms with van der Waals surface area (Å²) >= 11 is 0. The number of aromatic nitrogens is 1. The predicted molar refractivity (Wildman–Crippen MR) is 64.5 cm³/mol. The molecule has 86 valence electrons. The molecule has 0 radical (unpaired) electrons. The first-order chi connectivity index (χ1) is 8.27. The summed E-state index contributed by atoms with van der Waals surface area (Å²) in [6.45, 7) is 1.83. The molecule has 2 rings (SSSR count). The van der Waals surface area contributed by atoms with Crippen molar-refractivity contribution in [2.75, 3.05) is 0 Å². The number of hydrogen-bond donors (Lipinski definition) is 0. The summed E-state index contributed by atoms with van der Waals surface area (Å²) in [4.78, 5) is 15.8. The first-order valence-electron chi connectivity index (χ1n) is 5.43. The molecule has 1 aromatic carbocycles. The lowest BCUT2D eigenvalue weighted by atomic mass is 10.2. The first kappa shape index (κ1) is 11.3. The third kappa shape index (κ3) is 2.91. The molecule has 0 aliphatic heterocycles. The van der Waals surface area contributed by atoms with Crippen LogP contribution >= 0.6 is 0 Å². The van der Waals surface area contributed by atoms with E-state index in [9.17, 15) is 4.79 Å². The van der Waals surface area contributed by atoms with E-state index in [1.54, 1.807) is 24.5 Å². The minimum Gasteiger partial charge on any atom is -0.454 e. The van der Waals surface area contributed by atoms with Crippen molar-refractivity contribution < 1.29 is 9.53 Å². The molecule has 0 unspecified atom stereocenters. The molecule has 17 heavy (non-hydrogen) atoms. The monoisotopic (exact) mass is 227 g/mol. The van der Waals surface area contributed by atoms with Gasteiger partial charge in [0.2, 0.25) is 0 Å². The molecule has 1 atom stereocenters. The molecule has 0 spiro atoms. The van der Waals surface area contributed by atoms with Gasteiger partial charge in [-0.3, -0.25) is 4.98 Å². The lowest BCUT2D eigenvalue weighted by Crippen LogP contribution is -2.09. The maximum Gasteiger partial charge on any atom is 0.338 e. The average molecular weight is 227 g/mol. The first-order valence-corrected chi connectivity index (χ1v) is 5.43. The topological polar surface area (TPSA) is 39.2 Å². The van der Waals surface area contributed by atoms with E-state index in [1.807, 2.05) is 37.3 Å². The van der Waals surface area contributed by atoms with E-state index in [4.69, 9.17) is 4.74 Å². The van der Waals surface area contributed by atoms with E-state index in [0.29, 0.717) is 5.56 Å². The number of carbonyl (C=O) groups excluding carboxylic acids is 1. The van der Waals surface area contributed by atoms with Crippen LogP contribution in [-0.4, -0.2) is 11.0 Å². The van der Waals surface area contributed by atoms with Crippen molar-refractivity contribution in [2.24, 2.45) is 0 Å². The Morgan fingerprint density at radius 1 is 1.18 bits per heavy atom. The van der Waals surface area contributed by atoms with Crippen LogP contribution in [0.15, 0.2) is 54.9 Å². The van der Waals surface area contributed by atoms with Crippen molar-refractivity contribution in [3.8, 4) is 0 Å². The smallest absolute Gasteiger partial charge is 0.338 e. The normalized spacial score (nSPS) is 11.8. The quantitative estimate of drug-likeness (QED) is 0.757. The van der Waals surface area contributed by atoms with Crippen LogP contribution < -0.4 is 0 Å². The Balaban J connectivity index is 2.05. The molecule has 0 saturated heterocycles. The number of ether oxygens (including phenoxy) is 1. The van der Waals surface area contributed by atoms with Crippen LogP contribution in [0, 0.1) is 0 Å². The van der Waals surface area contributed by atoms with Crippen molar-refractivity contribution in [2.45, 2.75) is 13.0 Å². The highest BCUT2D eigenvalue weighted by atomic mass is 16.5. The Bertz CT molecular complexity index is 482. The molecule has 0 fully saturated rings. The van der Waals surface area contributed by atoms with Gasteiger partial charge in [-0.2, -0.15) is 0 Å². The number of carbonyl (C=O) groups is 1. The fourth-order valence-electron chi connectivity index (χ4n) is 1.49. The lowest BCUT2D eigenvalue weighted by molar-refractivity contribution is 0.0337. The van der Waals surface area contributed by atoms with Crippen LogP contribution in [0.3, 0.4) is 0 Å². The molecule has 0 N–H and O–H groups in total.